The van der Waals surface area contributed by atoms with Crippen molar-refractivity contribution in [1.29, 1.82) is 0 Å². The second-order valence-electron chi connectivity index (χ2n) is 5.50. The molecule has 1 saturated heterocycles. The zero-order valence-electron chi connectivity index (χ0n) is 11.3. The van der Waals surface area contributed by atoms with Crippen LogP contribution in [0.25, 0.3) is 0 Å². The van der Waals surface area contributed by atoms with Crippen LogP contribution in [0.1, 0.15) is 31.2 Å². The molecule has 1 aromatic rings. The van der Waals surface area contributed by atoms with E-state index in [1.807, 2.05) is 0 Å². The van der Waals surface area contributed by atoms with Gasteiger partial charge in [0.25, 0.3) is 0 Å². The molecule has 1 N–H and O–H groups in total. The molecule has 1 aromatic carbocycles. The predicted octanol–water partition coefficient (Wildman–Crippen LogP) is 2.37. The van der Waals surface area contributed by atoms with Gasteiger partial charge in [0.2, 0.25) is 0 Å². The molecule has 1 atom stereocenters. The highest BCUT2D eigenvalue weighted by molar-refractivity contribution is 5.55. The molecule has 3 rings (SSSR count). The number of hydrogen-bond acceptors (Lipinski definition) is 3. The minimum Gasteiger partial charge on any atom is -0.496 e. The van der Waals surface area contributed by atoms with Gasteiger partial charge in [-0.25, -0.2) is 0 Å². The van der Waals surface area contributed by atoms with Crippen molar-refractivity contribution < 1.29 is 4.74 Å². The molecule has 98 valence electrons. The molecule has 1 heterocycles. The molecule has 1 aliphatic carbocycles. The Morgan fingerprint density at radius 3 is 2.83 bits per heavy atom. The van der Waals surface area contributed by atoms with Crippen molar-refractivity contribution in [3.05, 3.63) is 23.8 Å². The summed E-state index contributed by atoms with van der Waals surface area (Å²) >= 11 is 0. The van der Waals surface area contributed by atoms with Crippen LogP contribution in [0.3, 0.4) is 0 Å². The number of nitrogens with zero attached hydrogens (tertiary/aromatic N) is 1. The molecule has 0 radical (unpaired) electrons. The van der Waals surface area contributed by atoms with Gasteiger partial charge in [0.15, 0.2) is 0 Å². The summed E-state index contributed by atoms with van der Waals surface area (Å²) in [4.78, 5) is 2.44. The van der Waals surface area contributed by atoms with E-state index in [4.69, 9.17) is 4.74 Å². The summed E-state index contributed by atoms with van der Waals surface area (Å²) in [5.41, 5.74) is 2.69. The summed E-state index contributed by atoms with van der Waals surface area (Å²) in [5.74, 6) is 1.82. The SMILES string of the molecule is COc1cc(N2CCN[C@H](C)C2)ccc1C1CC1. The highest BCUT2D eigenvalue weighted by Gasteiger charge is 2.27. The van der Waals surface area contributed by atoms with Crippen LogP contribution in [0, 0.1) is 0 Å². The molecule has 3 nitrogen and oxygen atoms in total. The second-order valence-corrected chi connectivity index (χ2v) is 5.50. The van der Waals surface area contributed by atoms with Crippen molar-refractivity contribution in [3.63, 3.8) is 0 Å². The maximum Gasteiger partial charge on any atom is 0.124 e. The summed E-state index contributed by atoms with van der Waals surface area (Å²) in [6.07, 6.45) is 2.64. The van der Waals surface area contributed by atoms with Crippen LogP contribution in [0.4, 0.5) is 5.69 Å². The van der Waals surface area contributed by atoms with E-state index in [1.165, 1.54) is 24.1 Å². The van der Waals surface area contributed by atoms with Gasteiger partial charge in [0.1, 0.15) is 5.75 Å². The predicted molar refractivity (Wildman–Crippen MR) is 74.6 cm³/mol. The van der Waals surface area contributed by atoms with Gasteiger partial charge in [-0.2, -0.15) is 0 Å². The lowest BCUT2D eigenvalue weighted by atomic mass is 10.1. The average Bonchev–Trinajstić information content (AvgIpc) is 3.22. The zero-order valence-corrected chi connectivity index (χ0v) is 11.3. The van der Waals surface area contributed by atoms with E-state index in [1.54, 1.807) is 7.11 Å². The minimum atomic E-state index is 0.563. The Morgan fingerprint density at radius 1 is 1.33 bits per heavy atom. The molecule has 18 heavy (non-hydrogen) atoms. The highest BCUT2D eigenvalue weighted by Crippen LogP contribution is 2.45. The Morgan fingerprint density at radius 2 is 2.17 bits per heavy atom. The van der Waals surface area contributed by atoms with Gasteiger partial charge in [-0.15, -0.1) is 0 Å². The van der Waals surface area contributed by atoms with Crippen LogP contribution in [0.15, 0.2) is 18.2 Å². The molecule has 0 spiro atoms. The monoisotopic (exact) mass is 246 g/mol. The Labute approximate surface area is 109 Å². The molecular formula is C15H22N2O. The quantitative estimate of drug-likeness (QED) is 0.886. The lowest BCUT2D eigenvalue weighted by Gasteiger charge is -2.34. The minimum absolute atomic E-state index is 0.563. The van der Waals surface area contributed by atoms with Crippen molar-refractivity contribution in [2.45, 2.75) is 31.7 Å². The first-order valence-corrected chi connectivity index (χ1v) is 6.94. The van der Waals surface area contributed by atoms with Crippen LogP contribution in [0.5, 0.6) is 5.75 Å². The van der Waals surface area contributed by atoms with Crippen LogP contribution in [-0.4, -0.2) is 32.8 Å². The molecule has 0 unspecified atom stereocenters. The van der Waals surface area contributed by atoms with Crippen LogP contribution < -0.4 is 15.0 Å². The van der Waals surface area contributed by atoms with E-state index in [0.717, 1.165) is 31.3 Å². The summed E-state index contributed by atoms with van der Waals surface area (Å²) in [7, 11) is 1.78. The summed E-state index contributed by atoms with van der Waals surface area (Å²) in [6, 6.07) is 7.30. The third-order valence-electron chi connectivity index (χ3n) is 3.97. The smallest absolute Gasteiger partial charge is 0.124 e. The lowest BCUT2D eigenvalue weighted by molar-refractivity contribution is 0.409. The Balaban J connectivity index is 1.83. The van der Waals surface area contributed by atoms with Crippen molar-refractivity contribution in [3.8, 4) is 5.75 Å². The van der Waals surface area contributed by atoms with E-state index < -0.39 is 0 Å². The molecular weight excluding hydrogens is 224 g/mol. The summed E-state index contributed by atoms with van der Waals surface area (Å²) < 4.78 is 5.56. The third kappa shape index (κ3) is 2.32. The second kappa shape index (κ2) is 4.81. The molecule has 0 amide bonds. The standard InChI is InChI=1S/C15H22N2O/c1-11-10-17(8-7-16-11)13-5-6-14(12-3-4-12)15(9-13)18-2/h5-6,9,11-12,16H,3-4,7-8,10H2,1-2H3/t11-/m1/s1. The Kier molecular flexibility index (Phi) is 3.16. The van der Waals surface area contributed by atoms with Crippen molar-refractivity contribution in [2.75, 3.05) is 31.6 Å². The number of piperazine rings is 1. The van der Waals surface area contributed by atoms with Gasteiger partial charge in [-0.1, -0.05) is 6.07 Å². The van der Waals surface area contributed by atoms with Gasteiger partial charge >= 0.3 is 0 Å². The topological polar surface area (TPSA) is 24.5 Å². The summed E-state index contributed by atoms with van der Waals surface area (Å²) in [6.45, 7) is 5.46. The van der Waals surface area contributed by atoms with Gasteiger partial charge in [0, 0.05) is 37.4 Å². The van der Waals surface area contributed by atoms with Crippen molar-refractivity contribution in [2.24, 2.45) is 0 Å². The fourth-order valence-electron chi connectivity index (χ4n) is 2.79. The fourth-order valence-corrected chi connectivity index (χ4v) is 2.79. The number of anilines is 1. The fraction of sp³-hybridized carbons (Fsp3) is 0.600. The van der Waals surface area contributed by atoms with Crippen molar-refractivity contribution >= 4 is 5.69 Å². The van der Waals surface area contributed by atoms with Gasteiger partial charge in [-0.3, -0.25) is 0 Å². The zero-order chi connectivity index (χ0) is 12.5. The lowest BCUT2D eigenvalue weighted by Crippen LogP contribution is -2.49. The Bertz CT molecular complexity index is 429. The molecule has 2 aliphatic rings. The number of nitrogens with one attached hydrogen (secondary N) is 1. The van der Waals surface area contributed by atoms with Crippen LogP contribution in [-0.2, 0) is 0 Å². The first kappa shape index (κ1) is 11.8. The Hall–Kier alpha value is -1.22. The maximum atomic E-state index is 5.56. The van der Waals surface area contributed by atoms with E-state index in [-0.39, 0.29) is 0 Å². The third-order valence-corrected chi connectivity index (χ3v) is 3.97. The van der Waals surface area contributed by atoms with Gasteiger partial charge in [-0.05, 0) is 37.3 Å². The molecule has 1 aliphatic heterocycles. The molecule has 2 fully saturated rings. The van der Waals surface area contributed by atoms with Crippen LogP contribution in [0.2, 0.25) is 0 Å². The van der Waals surface area contributed by atoms with E-state index >= 15 is 0 Å². The highest BCUT2D eigenvalue weighted by atomic mass is 16.5. The largest absolute Gasteiger partial charge is 0.496 e. The maximum absolute atomic E-state index is 5.56. The molecule has 3 heteroatoms. The normalized spacial score (nSPS) is 24.1. The molecule has 1 saturated carbocycles. The van der Waals surface area contributed by atoms with Crippen LogP contribution >= 0.6 is 0 Å². The van der Waals surface area contributed by atoms with Crippen molar-refractivity contribution in [1.82, 2.24) is 5.32 Å². The number of ether oxygens (including phenoxy) is 1. The average molecular weight is 246 g/mol. The number of benzene rings is 1. The summed E-state index contributed by atoms with van der Waals surface area (Å²) in [5, 5.41) is 3.48. The van der Waals surface area contributed by atoms with E-state index in [9.17, 15) is 0 Å². The van der Waals surface area contributed by atoms with E-state index in [2.05, 4.69) is 35.3 Å². The molecule has 0 bridgehead atoms. The first-order valence-electron chi connectivity index (χ1n) is 6.94. The van der Waals surface area contributed by atoms with Gasteiger partial charge in [0.05, 0.1) is 7.11 Å². The van der Waals surface area contributed by atoms with Gasteiger partial charge < -0.3 is 15.0 Å². The molecule has 0 aromatic heterocycles. The number of rotatable bonds is 3. The number of hydrogen-bond donors (Lipinski definition) is 1. The number of methoxy groups -OCH3 is 1. The first-order chi connectivity index (χ1) is 8.78. The van der Waals surface area contributed by atoms with E-state index in [0.29, 0.717) is 6.04 Å².